The number of hydrogen-bond acceptors (Lipinski definition) is 3. The van der Waals surface area contributed by atoms with Gasteiger partial charge in [-0.3, -0.25) is 4.68 Å². The Morgan fingerprint density at radius 2 is 2.13 bits per heavy atom. The molecule has 5 nitrogen and oxygen atoms in total. The van der Waals surface area contributed by atoms with E-state index >= 15 is 0 Å². The maximum atomic E-state index is 10.9. The van der Waals surface area contributed by atoms with Gasteiger partial charge in [0.1, 0.15) is 6.33 Å². The summed E-state index contributed by atoms with van der Waals surface area (Å²) in [7, 11) is 1.74. The molecular weight excluding hydrogens is 194 g/mol. The zero-order chi connectivity index (χ0) is 10.8. The van der Waals surface area contributed by atoms with Crippen LogP contribution in [0.2, 0.25) is 0 Å². The lowest BCUT2D eigenvalue weighted by Crippen LogP contribution is -2.00. The summed E-state index contributed by atoms with van der Waals surface area (Å²) >= 11 is 0. The molecule has 0 saturated carbocycles. The van der Waals surface area contributed by atoms with Crippen LogP contribution in [0.3, 0.4) is 0 Å². The van der Waals surface area contributed by atoms with Gasteiger partial charge in [-0.25, -0.2) is 9.78 Å². The highest BCUT2D eigenvalue weighted by atomic mass is 16.4. The first-order chi connectivity index (χ1) is 7.18. The summed E-state index contributed by atoms with van der Waals surface area (Å²) in [5.41, 5.74) is 0.745. The minimum absolute atomic E-state index is 0.212. The van der Waals surface area contributed by atoms with Gasteiger partial charge in [-0.15, -0.1) is 0 Å². The molecule has 0 aliphatic rings. The molecule has 1 N–H and O–H groups in total. The number of carbonyl (C=O) groups is 1. The van der Waals surface area contributed by atoms with Crippen molar-refractivity contribution < 1.29 is 9.90 Å². The molecule has 76 valence electrons. The molecule has 5 heteroatoms. The number of carboxylic acid groups (broad SMARTS) is 1. The normalized spacial score (nSPS) is 10.2. The largest absolute Gasteiger partial charge is 0.478 e. The number of aromatic carboxylic acids is 1. The number of carboxylic acids is 1. The lowest BCUT2D eigenvalue weighted by Gasteiger charge is -2.00. The first-order valence-corrected chi connectivity index (χ1v) is 4.37. The Labute approximate surface area is 86.0 Å². The van der Waals surface area contributed by atoms with Crippen LogP contribution in [0, 0.1) is 0 Å². The van der Waals surface area contributed by atoms with E-state index in [1.807, 2.05) is 0 Å². The summed E-state index contributed by atoms with van der Waals surface area (Å²) in [6, 6.07) is 6.67. The van der Waals surface area contributed by atoms with Crippen molar-refractivity contribution in [2.45, 2.75) is 0 Å². The molecule has 0 bridgehead atoms. The van der Waals surface area contributed by atoms with Gasteiger partial charge in [-0.1, -0.05) is 18.2 Å². The Balaban J connectivity index is 2.57. The molecule has 0 aliphatic heterocycles. The first kappa shape index (κ1) is 9.39. The molecule has 0 spiro atoms. The zero-order valence-corrected chi connectivity index (χ0v) is 8.08. The Hall–Kier alpha value is -2.17. The van der Waals surface area contributed by atoms with E-state index in [1.54, 1.807) is 25.2 Å². The Morgan fingerprint density at radius 1 is 1.40 bits per heavy atom. The van der Waals surface area contributed by atoms with Crippen molar-refractivity contribution in [3.8, 4) is 11.4 Å². The van der Waals surface area contributed by atoms with E-state index < -0.39 is 5.97 Å². The van der Waals surface area contributed by atoms with E-state index in [0.717, 1.165) is 0 Å². The molecule has 15 heavy (non-hydrogen) atoms. The SMILES string of the molecule is Cn1cnc(-c2ccccc2C(=O)O)n1. The molecule has 2 aromatic rings. The van der Waals surface area contributed by atoms with Gasteiger partial charge in [0, 0.05) is 12.6 Å². The van der Waals surface area contributed by atoms with E-state index in [9.17, 15) is 4.79 Å². The summed E-state index contributed by atoms with van der Waals surface area (Å²) in [4.78, 5) is 15.0. The zero-order valence-electron chi connectivity index (χ0n) is 8.08. The molecule has 0 atom stereocenters. The minimum atomic E-state index is -0.974. The number of aryl methyl sites for hydroxylation is 1. The quantitative estimate of drug-likeness (QED) is 0.795. The second kappa shape index (κ2) is 3.53. The van der Waals surface area contributed by atoms with Crippen molar-refractivity contribution >= 4 is 5.97 Å². The predicted octanol–water partition coefficient (Wildman–Crippen LogP) is 1.18. The van der Waals surface area contributed by atoms with Gasteiger partial charge in [-0.2, -0.15) is 5.10 Å². The van der Waals surface area contributed by atoms with Gasteiger partial charge in [0.25, 0.3) is 0 Å². The number of rotatable bonds is 2. The van der Waals surface area contributed by atoms with Crippen LogP contribution in [0.4, 0.5) is 0 Å². The number of hydrogen-bond donors (Lipinski definition) is 1. The summed E-state index contributed by atoms with van der Waals surface area (Å²) in [5.74, 6) is -0.548. The van der Waals surface area contributed by atoms with Gasteiger partial charge in [-0.05, 0) is 6.07 Å². The highest BCUT2D eigenvalue weighted by molar-refractivity contribution is 5.94. The highest BCUT2D eigenvalue weighted by Gasteiger charge is 2.13. The van der Waals surface area contributed by atoms with Crippen LogP contribution in [0.5, 0.6) is 0 Å². The van der Waals surface area contributed by atoms with E-state index in [0.29, 0.717) is 11.4 Å². The van der Waals surface area contributed by atoms with E-state index in [2.05, 4.69) is 10.1 Å². The predicted molar refractivity (Wildman–Crippen MR) is 53.4 cm³/mol. The van der Waals surface area contributed by atoms with Crippen molar-refractivity contribution in [1.82, 2.24) is 14.8 Å². The maximum Gasteiger partial charge on any atom is 0.336 e. The molecule has 0 aliphatic carbocycles. The smallest absolute Gasteiger partial charge is 0.336 e. The molecular formula is C10H9N3O2. The van der Waals surface area contributed by atoms with Crippen LogP contribution < -0.4 is 0 Å². The molecule has 0 unspecified atom stereocenters. The monoisotopic (exact) mass is 203 g/mol. The molecule has 0 fully saturated rings. The van der Waals surface area contributed by atoms with Crippen LogP contribution in [0.1, 0.15) is 10.4 Å². The molecule has 1 aromatic heterocycles. The van der Waals surface area contributed by atoms with Gasteiger partial charge in [0.05, 0.1) is 5.56 Å². The van der Waals surface area contributed by atoms with Crippen molar-refractivity contribution in [1.29, 1.82) is 0 Å². The van der Waals surface area contributed by atoms with Crippen LogP contribution >= 0.6 is 0 Å². The Bertz CT molecular complexity index is 505. The standard InChI is InChI=1S/C10H9N3O2/c1-13-6-11-9(12-13)7-4-2-3-5-8(7)10(14)15/h2-6H,1H3,(H,14,15). The van der Waals surface area contributed by atoms with Crippen molar-refractivity contribution in [3.05, 3.63) is 36.2 Å². The third-order valence-corrected chi connectivity index (χ3v) is 2.00. The maximum absolute atomic E-state index is 10.9. The Kier molecular flexibility index (Phi) is 2.21. The lowest BCUT2D eigenvalue weighted by molar-refractivity contribution is 0.0697. The second-order valence-corrected chi connectivity index (χ2v) is 3.09. The Morgan fingerprint density at radius 3 is 2.73 bits per heavy atom. The molecule has 2 rings (SSSR count). The third kappa shape index (κ3) is 1.71. The van der Waals surface area contributed by atoms with Crippen LogP contribution in [0.15, 0.2) is 30.6 Å². The van der Waals surface area contributed by atoms with E-state index in [4.69, 9.17) is 5.11 Å². The van der Waals surface area contributed by atoms with E-state index in [1.165, 1.54) is 17.1 Å². The van der Waals surface area contributed by atoms with Gasteiger partial charge in [0.15, 0.2) is 5.82 Å². The number of nitrogens with zero attached hydrogens (tertiary/aromatic N) is 3. The first-order valence-electron chi connectivity index (χ1n) is 4.37. The number of aromatic nitrogens is 3. The van der Waals surface area contributed by atoms with Crippen LogP contribution in [-0.2, 0) is 7.05 Å². The summed E-state index contributed by atoms with van der Waals surface area (Å²) < 4.78 is 1.54. The molecule has 1 heterocycles. The molecule has 0 amide bonds. The minimum Gasteiger partial charge on any atom is -0.478 e. The summed E-state index contributed by atoms with van der Waals surface area (Å²) in [6.45, 7) is 0. The van der Waals surface area contributed by atoms with Crippen molar-refractivity contribution in [3.63, 3.8) is 0 Å². The molecule has 1 aromatic carbocycles. The average molecular weight is 203 g/mol. The third-order valence-electron chi connectivity index (χ3n) is 2.00. The second-order valence-electron chi connectivity index (χ2n) is 3.09. The summed E-state index contributed by atoms with van der Waals surface area (Å²) in [6.07, 6.45) is 1.54. The average Bonchev–Trinajstić information content (AvgIpc) is 2.65. The molecule has 0 radical (unpaired) electrons. The van der Waals surface area contributed by atoms with Gasteiger partial charge < -0.3 is 5.11 Å². The summed E-state index contributed by atoms with van der Waals surface area (Å²) in [5, 5.41) is 13.0. The van der Waals surface area contributed by atoms with Gasteiger partial charge in [0.2, 0.25) is 0 Å². The van der Waals surface area contributed by atoms with Crippen LogP contribution in [0.25, 0.3) is 11.4 Å². The van der Waals surface area contributed by atoms with E-state index in [-0.39, 0.29) is 5.56 Å². The van der Waals surface area contributed by atoms with Gasteiger partial charge >= 0.3 is 5.97 Å². The number of benzene rings is 1. The van der Waals surface area contributed by atoms with Crippen molar-refractivity contribution in [2.24, 2.45) is 7.05 Å². The van der Waals surface area contributed by atoms with Crippen LogP contribution in [-0.4, -0.2) is 25.8 Å². The highest BCUT2D eigenvalue weighted by Crippen LogP contribution is 2.19. The fourth-order valence-corrected chi connectivity index (χ4v) is 1.33. The fraction of sp³-hybridized carbons (Fsp3) is 0.100. The lowest BCUT2D eigenvalue weighted by atomic mass is 10.1. The molecule has 0 saturated heterocycles. The van der Waals surface area contributed by atoms with Crippen molar-refractivity contribution in [2.75, 3.05) is 0 Å². The topological polar surface area (TPSA) is 68.0 Å². The fourth-order valence-electron chi connectivity index (χ4n) is 1.33.